The van der Waals surface area contributed by atoms with Crippen LogP contribution in [0.5, 0.6) is 0 Å². The van der Waals surface area contributed by atoms with E-state index in [1.165, 1.54) is 54.0 Å². The lowest BCUT2D eigenvalue weighted by molar-refractivity contribution is 0.246. The van der Waals surface area contributed by atoms with Crippen molar-refractivity contribution in [3.63, 3.8) is 0 Å². The Balaban J connectivity index is 1.57. The summed E-state index contributed by atoms with van der Waals surface area (Å²) in [5.41, 5.74) is 0. The number of rotatable bonds is 6. The lowest BCUT2D eigenvalue weighted by Crippen LogP contribution is -2.27. The van der Waals surface area contributed by atoms with E-state index < -0.39 is 0 Å². The fraction of sp³-hybridized carbons (Fsp3) is 0.692. The van der Waals surface area contributed by atoms with Gasteiger partial charge in [-0.3, -0.25) is 4.90 Å². The standard InChI is InChI=1S/C13H18BrNS/c14-13-6-5-12(16-13)9-15(7-10-1-2-10)8-11-3-4-11/h5-6,10-11H,1-4,7-9H2. The highest BCUT2D eigenvalue weighted by Crippen LogP contribution is 2.35. The average Bonchev–Trinajstić information content (AvgIpc) is 3.13. The average molecular weight is 300 g/mol. The summed E-state index contributed by atoms with van der Waals surface area (Å²) in [6, 6.07) is 4.44. The summed E-state index contributed by atoms with van der Waals surface area (Å²) in [5.74, 6) is 2.03. The molecule has 0 spiro atoms. The molecule has 3 heteroatoms. The lowest BCUT2D eigenvalue weighted by atomic mass is 10.3. The molecule has 1 aromatic heterocycles. The summed E-state index contributed by atoms with van der Waals surface area (Å²) in [4.78, 5) is 4.20. The van der Waals surface area contributed by atoms with Gasteiger partial charge in [0.05, 0.1) is 3.79 Å². The van der Waals surface area contributed by atoms with Crippen LogP contribution in [0.2, 0.25) is 0 Å². The quantitative estimate of drug-likeness (QED) is 0.763. The molecule has 1 nitrogen and oxygen atoms in total. The van der Waals surface area contributed by atoms with Gasteiger partial charge >= 0.3 is 0 Å². The molecule has 0 aliphatic heterocycles. The molecule has 2 aliphatic rings. The molecule has 0 aromatic carbocycles. The van der Waals surface area contributed by atoms with Crippen LogP contribution in [0.25, 0.3) is 0 Å². The summed E-state index contributed by atoms with van der Waals surface area (Å²) in [7, 11) is 0. The van der Waals surface area contributed by atoms with Gasteiger partial charge in [-0.15, -0.1) is 11.3 Å². The maximum Gasteiger partial charge on any atom is 0.0701 e. The first kappa shape index (κ1) is 11.2. The van der Waals surface area contributed by atoms with Crippen molar-refractivity contribution in [2.75, 3.05) is 13.1 Å². The molecule has 0 bridgehead atoms. The number of hydrogen-bond donors (Lipinski definition) is 0. The molecule has 1 aromatic rings. The first-order chi connectivity index (χ1) is 7.79. The SMILES string of the molecule is Brc1ccc(CN(CC2CC2)CC2CC2)s1. The highest BCUT2D eigenvalue weighted by Gasteiger charge is 2.29. The van der Waals surface area contributed by atoms with Crippen molar-refractivity contribution < 1.29 is 0 Å². The summed E-state index contributed by atoms with van der Waals surface area (Å²) in [6.45, 7) is 3.85. The Morgan fingerprint density at radius 1 is 1.12 bits per heavy atom. The molecule has 0 unspecified atom stereocenters. The van der Waals surface area contributed by atoms with Crippen LogP contribution in [0.3, 0.4) is 0 Å². The number of thiophene rings is 1. The van der Waals surface area contributed by atoms with Crippen LogP contribution in [0, 0.1) is 11.8 Å². The van der Waals surface area contributed by atoms with Gasteiger partial charge in [0.25, 0.3) is 0 Å². The highest BCUT2D eigenvalue weighted by atomic mass is 79.9. The molecule has 2 fully saturated rings. The van der Waals surface area contributed by atoms with Gasteiger partial charge in [0.1, 0.15) is 0 Å². The fourth-order valence-corrected chi connectivity index (χ4v) is 3.72. The molecule has 2 saturated carbocycles. The van der Waals surface area contributed by atoms with Crippen molar-refractivity contribution in [3.8, 4) is 0 Å². The first-order valence-corrected chi connectivity index (χ1v) is 7.87. The number of nitrogens with zero attached hydrogens (tertiary/aromatic N) is 1. The van der Waals surface area contributed by atoms with Gasteiger partial charge in [-0.25, -0.2) is 0 Å². The monoisotopic (exact) mass is 299 g/mol. The molecule has 0 N–H and O–H groups in total. The van der Waals surface area contributed by atoms with E-state index in [4.69, 9.17) is 0 Å². The smallest absolute Gasteiger partial charge is 0.0701 e. The maximum absolute atomic E-state index is 3.55. The molecule has 1 heterocycles. The van der Waals surface area contributed by atoms with Crippen molar-refractivity contribution >= 4 is 27.3 Å². The van der Waals surface area contributed by atoms with Crippen LogP contribution < -0.4 is 0 Å². The van der Waals surface area contributed by atoms with Gasteiger partial charge in [-0.1, -0.05) is 0 Å². The van der Waals surface area contributed by atoms with Gasteiger partial charge in [-0.2, -0.15) is 0 Å². The molecule has 0 amide bonds. The third-order valence-corrected chi connectivity index (χ3v) is 5.04. The second kappa shape index (κ2) is 4.79. The fourth-order valence-electron chi connectivity index (χ4n) is 2.19. The van der Waals surface area contributed by atoms with Crippen LogP contribution in [0.15, 0.2) is 15.9 Å². The minimum absolute atomic E-state index is 1.02. The second-order valence-corrected chi connectivity index (χ2v) is 7.83. The lowest BCUT2D eigenvalue weighted by Gasteiger charge is -2.21. The molecule has 3 rings (SSSR count). The zero-order valence-electron chi connectivity index (χ0n) is 9.49. The number of hydrogen-bond acceptors (Lipinski definition) is 2. The molecule has 0 radical (unpaired) electrons. The van der Waals surface area contributed by atoms with E-state index in [-0.39, 0.29) is 0 Å². The molecular weight excluding hydrogens is 282 g/mol. The van der Waals surface area contributed by atoms with Gasteiger partial charge in [0, 0.05) is 24.5 Å². The van der Waals surface area contributed by atoms with Crippen LogP contribution >= 0.6 is 27.3 Å². The summed E-state index contributed by atoms with van der Waals surface area (Å²) < 4.78 is 1.26. The third kappa shape index (κ3) is 3.31. The van der Waals surface area contributed by atoms with Gasteiger partial charge in [-0.05, 0) is 65.6 Å². The molecular formula is C13H18BrNS. The van der Waals surface area contributed by atoms with E-state index in [1.54, 1.807) is 0 Å². The predicted octanol–water partition coefficient (Wildman–Crippen LogP) is 4.13. The van der Waals surface area contributed by atoms with E-state index in [9.17, 15) is 0 Å². The van der Waals surface area contributed by atoms with Crippen molar-refractivity contribution in [2.45, 2.75) is 32.2 Å². The Morgan fingerprint density at radius 3 is 2.19 bits per heavy atom. The van der Waals surface area contributed by atoms with Gasteiger partial charge < -0.3 is 0 Å². The minimum Gasteiger partial charge on any atom is -0.298 e. The van der Waals surface area contributed by atoms with Gasteiger partial charge in [0.2, 0.25) is 0 Å². The largest absolute Gasteiger partial charge is 0.298 e. The van der Waals surface area contributed by atoms with Crippen LogP contribution in [0.4, 0.5) is 0 Å². The third-order valence-electron chi connectivity index (χ3n) is 3.43. The summed E-state index contributed by atoms with van der Waals surface area (Å²) in [5, 5.41) is 0. The normalized spacial score (nSPS) is 20.6. The summed E-state index contributed by atoms with van der Waals surface area (Å²) in [6.07, 6.45) is 5.87. The first-order valence-electron chi connectivity index (χ1n) is 6.26. The van der Waals surface area contributed by atoms with E-state index in [2.05, 4.69) is 33.0 Å². The van der Waals surface area contributed by atoms with Crippen molar-refractivity contribution in [3.05, 3.63) is 20.8 Å². The van der Waals surface area contributed by atoms with Crippen LogP contribution in [-0.2, 0) is 6.54 Å². The highest BCUT2D eigenvalue weighted by molar-refractivity contribution is 9.11. The maximum atomic E-state index is 3.55. The Kier molecular flexibility index (Phi) is 3.37. The van der Waals surface area contributed by atoms with E-state index in [1.807, 2.05) is 11.3 Å². The second-order valence-electron chi connectivity index (χ2n) is 5.29. The topological polar surface area (TPSA) is 3.24 Å². The van der Waals surface area contributed by atoms with E-state index in [0.29, 0.717) is 0 Å². The van der Waals surface area contributed by atoms with Crippen LogP contribution in [-0.4, -0.2) is 18.0 Å². The summed E-state index contributed by atoms with van der Waals surface area (Å²) >= 11 is 5.43. The molecule has 16 heavy (non-hydrogen) atoms. The Morgan fingerprint density at radius 2 is 1.75 bits per heavy atom. The molecule has 0 atom stereocenters. The Labute approximate surface area is 110 Å². The number of halogens is 1. The van der Waals surface area contributed by atoms with Crippen molar-refractivity contribution in [1.82, 2.24) is 4.90 Å². The Bertz CT molecular complexity index is 341. The molecule has 88 valence electrons. The van der Waals surface area contributed by atoms with E-state index >= 15 is 0 Å². The Hall–Kier alpha value is 0.140. The minimum atomic E-state index is 1.02. The van der Waals surface area contributed by atoms with Crippen molar-refractivity contribution in [2.24, 2.45) is 11.8 Å². The predicted molar refractivity (Wildman–Crippen MR) is 72.7 cm³/mol. The van der Waals surface area contributed by atoms with Crippen LogP contribution in [0.1, 0.15) is 30.6 Å². The zero-order chi connectivity index (χ0) is 11.0. The van der Waals surface area contributed by atoms with E-state index in [0.717, 1.165) is 11.8 Å². The van der Waals surface area contributed by atoms with Crippen molar-refractivity contribution in [1.29, 1.82) is 0 Å². The molecule has 0 saturated heterocycles. The van der Waals surface area contributed by atoms with Gasteiger partial charge in [0.15, 0.2) is 0 Å². The molecule has 2 aliphatic carbocycles. The zero-order valence-corrected chi connectivity index (χ0v) is 11.9.